The van der Waals surface area contributed by atoms with E-state index in [1.807, 2.05) is 30.3 Å². The molecule has 1 aromatic carbocycles. The van der Waals surface area contributed by atoms with Crippen molar-refractivity contribution in [2.75, 3.05) is 46.4 Å². The predicted octanol–water partition coefficient (Wildman–Crippen LogP) is 2.58. The predicted molar refractivity (Wildman–Crippen MR) is 109 cm³/mol. The van der Waals surface area contributed by atoms with Crippen LogP contribution in [0.25, 0.3) is 0 Å². The van der Waals surface area contributed by atoms with Crippen molar-refractivity contribution in [3.05, 3.63) is 30.3 Å². The molecule has 5 nitrogen and oxygen atoms in total. The van der Waals surface area contributed by atoms with Crippen LogP contribution >= 0.6 is 24.0 Å². The van der Waals surface area contributed by atoms with E-state index in [-0.39, 0.29) is 24.0 Å². The topological polar surface area (TPSA) is 48.9 Å². The van der Waals surface area contributed by atoms with E-state index in [2.05, 4.69) is 34.4 Å². The van der Waals surface area contributed by atoms with Crippen LogP contribution in [0.3, 0.4) is 0 Å². The highest BCUT2D eigenvalue weighted by molar-refractivity contribution is 14.0. The molecule has 0 atom stereocenters. The Labute approximate surface area is 157 Å². The Morgan fingerprint density at radius 3 is 2.35 bits per heavy atom. The molecule has 0 aliphatic carbocycles. The van der Waals surface area contributed by atoms with Crippen LogP contribution in [0, 0.1) is 0 Å². The Morgan fingerprint density at radius 1 is 1.09 bits per heavy atom. The molecule has 0 fully saturated rings. The van der Waals surface area contributed by atoms with Gasteiger partial charge in [-0.25, -0.2) is 0 Å². The van der Waals surface area contributed by atoms with Crippen molar-refractivity contribution < 1.29 is 4.74 Å². The quantitative estimate of drug-likeness (QED) is 0.257. The third kappa shape index (κ3) is 10.4. The highest BCUT2D eigenvalue weighted by Crippen LogP contribution is 2.07. The average molecular weight is 434 g/mol. The second-order valence-corrected chi connectivity index (χ2v) is 4.97. The van der Waals surface area contributed by atoms with Gasteiger partial charge in [-0.2, -0.15) is 0 Å². The molecule has 0 saturated heterocycles. The molecule has 0 amide bonds. The normalized spacial score (nSPS) is 11.0. The van der Waals surface area contributed by atoms with Crippen molar-refractivity contribution in [2.45, 2.75) is 20.3 Å². The van der Waals surface area contributed by atoms with E-state index in [1.165, 1.54) is 0 Å². The van der Waals surface area contributed by atoms with Gasteiger partial charge in [-0.1, -0.05) is 32.0 Å². The van der Waals surface area contributed by atoms with Crippen LogP contribution in [-0.4, -0.2) is 57.2 Å². The van der Waals surface area contributed by atoms with Gasteiger partial charge in [-0.3, -0.25) is 4.99 Å². The zero-order valence-electron chi connectivity index (χ0n) is 14.5. The number of aliphatic imine (C=N–C) groups is 1. The molecule has 0 heterocycles. The Kier molecular flexibility index (Phi) is 13.9. The highest BCUT2D eigenvalue weighted by atomic mass is 127. The minimum Gasteiger partial charge on any atom is -0.494 e. The van der Waals surface area contributed by atoms with Crippen molar-refractivity contribution in [2.24, 2.45) is 4.99 Å². The molecule has 0 aliphatic rings. The van der Waals surface area contributed by atoms with E-state index in [1.54, 1.807) is 7.05 Å². The van der Waals surface area contributed by atoms with Gasteiger partial charge >= 0.3 is 0 Å². The lowest BCUT2D eigenvalue weighted by atomic mass is 10.3. The number of hydrogen-bond donors (Lipinski definition) is 2. The number of hydrogen-bond acceptors (Lipinski definition) is 3. The average Bonchev–Trinajstić information content (AvgIpc) is 2.57. The van der Waals surface area contributed by atoms with Crippen LogP contribution < -0.4 is 15.4 Å². The number of nitrogens with zero attached hydrogens (tertiary/aromatic N) is 2. The van der Waals surface area contributed by atoms with Crippen molar-refractivity contribution in [3.63, 3.8) is 0 Å². The molecule has 132 valence electrons. The van der Waals surface area contributed by atoms with Gasteiger partial charge in [-0.15, -0.1) is 24.0 Å². The first-order valence-corrected chi connectivity index (χ1v) is 8.14. The summed E-state index contributed by atoms with van der Waals surface area (Å²) >= 11 is 0. The first kappa shape index (κ1) is 22.0. The standard InChI is InChI=1S/C17H30N4O.HI/c1-4-21(5-2)14-13-20-17(18-3)19-12-9-15-22-16-10-7-6-8-11-16;/h6-8,10-11H,4-5,9,12-15H2,1-3H3,(H2,18,19,20);1H. The lowest BCUT2D eigenvalue weighted by Crippen LogP contribution is -2.42. The van der Waals surface area contributed by atoms with E-state index in [4.69, 9.17) is 4.74 Å². The van der Waals surface area contributed by atoms with Gasteiger partial charge in [0.15, 0.2) is 5.96 Å². The Balaban J connectivity index is 0.00000484. The lowest BCUT2D eigenvalue weighted by molar-refractivity contribution is 0.306. The van der Waals surface area contributed by atoms with Gasteiger partial charge in [0.05, 0.1) is 6.61 Å². The maximum absolute atomic E-state index is 5.66. The maximum atomic E-state index is 5.66. The molecule has 2 N–H and O–H groups in total. The monoisotopic (exact) mass is 434 g/mol. The zero-order valence-corrected chi connectivity index (χ0v) is 16.9. The molecule has 0 radical (unpaired) electrons. The van der Waals surface area contributed by atoms with Crippen LogP contribution in [0.2, 0.25) is 0 Å². The van der Waals surface area contributed by atoms with Gasteiger partial charge in [0.2, 0.25) is 0 Å². The van der Waals surface area contributed by atoms with E-state index >= 15 is 0 Å². The molecule has 0 spiro atoms. The molecule has 0 saturated carbocycles. The molecule has 6 heteroatoms. The number of nitrogens with one attached hydrogen (secondary N) is 2. The summed E-state index contributed by atoms with van der Waals surface area (Å²) in [7, 11) is 1.80. The number of ether oxygens (including phenoxy) is 1. The number of benzene rings is 1. The summed E-state index contributed by atoms with van der Waals surface area (Å²) in [5, 5.41) is 6.64. The second kappa shape index (κ2) is 14.6. The third-order valence-electron chi connectivity index (χ3n) is 3.46. The Bertz CT molecular complexity index is 410. The zero-order chi connectivity index (χ0) is 16.0. The second-order valence-electron chi connectivity index (χ2n) is 4.97. The maximum Gasteiger partial charge on any atom is 0.191 e. The van der Waals surface area contributed by atoms with E-state index in [9.17, 15) is 0 Å². The Hall–Kier alpha value is -1.02. The first-order valence-electron chi connectivity index (χ1n) is 8.14. The summed E-state index contributed by atoms with van der Waals surface area (Å²) in [5.41, 5.74) is 0. The van der Waals surface area contributed by atoms with Crippen molar-refractivity contribution in [1.82, 2.24) is 15.5 Å². The molecular formula is C17H31IN4O. The van der Waals surface area contributed by atoms with Crippen molar-refractivity contribution >= 4 is 29.9 Å². The molecule has 0 aliphatic heterocycles. The lowest BCUT2D eigenvalue weighted by Gasteiger charge is -2.19. The third-order valence-corrected chi connectivity index (χ3v) is 3.46. The van der Waals surface area contributed by atoms with Crippen molar-refractivity contribution in [1.29, 1.82) is 0 Å². The fourth-order valence-corrected chi connectivity index (χ4v) is 2.08. The number of rotatable bonds is 10. The van der Waals surface area contributed by atoms with E-state index in [0.29, 0.717) is 6.61 Å². The van der Waals surface area contributed by atoms with E-state index in [0.717, 1.165) is 50.9 Å². The summed E-state index contributed by atoms with van der Waals surface area (Å²) in [4.78, 5) is 6.61. The fourth-order valence-electron chi connectivity index (χ4n) is 2.08. The summed E-state index contributed by atoms with van der Waals surface area (Å²) in [6.45, 7) is 10.0. The van der Waals surface area contributed by atoms with Crippen LogP contribution in [0.1, 0.15) is 20.3 Å². The smallest absolute Gasteiger partial charge is 0.191 e. The SMILES string of the molecule is CCN(CC)CCNC(=NC)NCCCOc1ccccc1.I. The molecule has 23 heavy (non-hydrogen) atoms. The number of guanidine groups is 1. The van der Waals surface area contributed by atoms with Gasteiger partial charge in [0.25, 0.3) is 0 Å². The summed E-state index contributed by atoms with van der Waals surface area (Å²) in [6.07, 6.45) is 0.936. The summed E-state index contributed by atoms with van der Waals surface area (Å²) in [6, 6.07) is 9.90. The first-order chi connectivity index (χ1) is 10.8. The van der Waals surface area contributed by atoms with Crippen molar-refractivity contribution in [3.8, 4) is 5.75 Å². The molecule has 0 aromatic heterocycles. The Morgan fingerprint density at radius 2 is 1.74 bits per heavy atom. The highest BCUT2D eigenvalue weighted by Gasteiger charge is 2.00. The van der Waals surface area contributed by atoms with E-state index < -0.39 is 0 Å². The molecular weight excluding hydrogens is 403 g/mol. The summed E-state index contributed by atoms with van der Waals surface area (Å²) in [5.74, 6) is 1.77. The largest absolute Gasteiger partial charge is 0.494 e. The van der Waals surface area contributed by atoms with Crippen LogP contribution in [0.15, 0.2) is 35.3 Å². The van der Waals surface area contributed by atoms with Gasteiger partial charge in [0.1, 0.15) is 5.75 Å². The number of likely N-dealkylation sites (N-methyl/N-ethyl adjacent to an activating group) is 1. The van der Waals surface area contributed by atoms with Crippen LogP contribution in [-0.2, 0) is 0 Å². The molecule has 0 bridgehead atoms. The molecule has 0 unspecified atom stereocenters. The molecule has 1 rings (SSSR count). The summed E-state index contributed by atoms with van der Waals surface area (Å²) < 4.78 is 5.66. The number of para-hydroxylation sites is 1. The number of halogens is 1. The van der Waals surface area contributed by atoms with Gasteiger partial charge in [0, 0.05) is 26.7 Å². The molecule has 1 aromatic rings. The fraction of sp³-hybridized carbons (Fsp3) is 0.588. The van der Waals surface area contributed by atoms with Gasteiger partial charge in [-0.05, 0) is 31.6 Å². The minimum atomic E-state index is 0. The van der Waals surface area contributed by atoms with Crippen LogP contribution in [0.4, 0.5) is 0 Å². The van der Waals surface area contributed by atoms with Gasteiger partial charge < -0.3 is 20.3 Å². The van der Waals surface area contributed by atoms with Crippen LogP contribution in [0.5, 0.6) is 5.75 Å². The minimum absolute atomic E-state index is 0.